The summed E-state index contributed by atoms with van der Waals surface area (Å²) < 4.78 is 0. The molecular formula is C23H27N5O2. The summed E-state index contributed by atoms with van der Waals surface area (Å²) in [6.45, 7) is 8.35. The van der Waals surface area contributed by atoms with Gasteiger partial charge in [-0.25, -0.2) is 0 Å². The lowest BCUT2D eigenvalue weighted by Gasteiger charge is -2.35. The number of aromatic amines is 1. The number of anilines is 1. The van der Waals surface area contributed by atoms with Crippen molar-refractivity contribution in [2.45, 2.75) is 20.3 Å². The molecule has 4 rings (SSSR count). The molecular weight excluding hydrogens is 378 g/mol. The van der Waals surface area contributed by atoms with E-state index in [-0.39, 0.29) is 11.8 Å². The first-order valence-corrected chi connectivity index (χ1v) is 10.3. The van der Waals surface area contributed by atoms with E-state index >= 15 is 0 Å². The Balaban J connectivity index is 1.32. The van der Waals surface area contributed by atoms with Crippen LogP contribution in [0.15, 0.2) is 52.7 Å². The SMILES string of the molecule is Cc1cc(C)c2[nH]c(O)c(N=NC(=O)CCN3CCN(c4ccccc4)CC3)c2c1. The zero-order valence-electron chi connectivity index (χ0n) is 17.4. The molecule has 7 heteroatoms. The van der Waals surface area contributed by atoms with Crippen molar-refractivity contribution in [1.82, 2.24) is 9.88 Å². The van der Waals surface area contributed by atoms with Crippen LogP contribution in [0.5, 0.6) is 5.88 Å². The number of carbonyl (C=O) groups is 1. The topological polar surface area (TPSA) is 84.3 Å². The lowest BCUT2D eigenvalue weighted by atomic mass is 10.1. The van der Waals surface area contributed by atoms with Gasteiger partial charge in [-0.2, -0.15) is 0 Å². The molecule has 1 aliphatic heterocycles. The van der Waals surface area contributed by atoms with Gasteiger partial charge in [0.05, 0.1) is 5.52 Å². The molecule has 1 amide bonds. The van der Waals surface area contributed by atoms with Gasteiger partial charge in [0.2, 0.25) is 5.88 Å². The highest BCUT2D eigenvalue weighted by Gasteiger charge is 2.18. The molecule has 0 atom stereocenters. The van der Waals surface area contributed by atoms with Crippen LogP contribution in [0.2, 0.25) is 0 Å². The van der Waals surface area contributed by atoms with E-state index < -0.39 is 0 Å². The average Bonchev–Trinajstić information content (AvgIpc) is 3.07. The molecule has 0 aliphatic carbocycles. The minimum Gasteiger partial charge on any atom is -0.493 e. The molecule has 0 saturated carbocycles. The molecule has 0 unspecified atom stereocenters. The lowest BCUT2D eigenvalue weighted by molar-refractivity contribution is -0.118. The number of nitrogens with one attached hydrogen (secondary N) is 1. The predicted octanol–water partition coefficient (Wildman–Crippen LogP) is 4.31. The zero-order chi connectivity index (χ0) is 21.1. The summed E-state index contributed by atoms with van der Waals surface area (Å²) in [5.74, 6) is -0.342. The van der Waals surface area contributed by atoms with E-state index in [0.29, 0.717) is 18.7 Å². The summed E-state index contributed by atoms with van der Waals surface area (Å²) in [7, 11) is 0. The molecule has 2 N–H and O–H groups in total. The normalized spacial score (nSPS) is 15.3. The molecule has 2 heterocycles. The van der Waals surface area contributed by atoms with Crippen LogP contribution < -0.4 is 4.90 Å². The van der Waals surface area contributed by atoms with Crippen LogP contribution in [0.1, 0.15) is 17.5 Å². The third kappa shape index (κ3) is 4.36. The summed E-state index contributed by atoms with van der Waals surface area (Å²) in [4.78, 5) is 19.8. The number of para-hydroxylation sites is 1. The Bertz CT molecular complexity index is 1070. The van der Waals surface area contributed by atoms with Crippen LogP contribution in [0, 0.1) is 13.8 Å². The second-order valence-electron chi connectivity index (χ2n) is 7.83. The van der Waals surface area contributed by atoms with Crippen molar-refractivity contribution in [2.24, 2.45) is 10.2 Å². The summed E-state index contributed by atoms with van der Waals surface area (Å²) in [5, 5.41) is 18.9. The number of hydrogen-bond acceptors (Lipinski definition) is 5. The number of aryl methyl sites for hydroxylation is 2. The number of carbonyl (C=O) groups excluding carboxylic acids is 1. The maximum atomic E-state index is 12.3. The first-order chi connectivity index (χ1) is 14.5. The number of hydrogen-bond donors (Lipinski definition) is 2. The number of azo groups is 1. The number of amides is 1. The maximum Gasteiger partial charge on any atom is 0.266 e. The number of aromatic nitrogens is 1. The fourth-order valence-corrected chi connectivity index (χ4v) is 4.00. The van der Waals surface area contributed by atoms with Crippen molar-refractivity contribution in [3.05, 3.63) is 53.6 Å². The maximum absolute atomic E-state index is 12.3. The van der Waals surface area contributed by atoms with E-state index in [9.17, 15) is 9.90 Å². The van der Waals surface area contributed by atoms with Gasteiger partial charge >= 0.3 is 0 Å². The van der Waals surface area contributed by atoms with Crippen molar-refractivity contribution < 1.29 is 9.90 Å². The average molecular weight is 406 g/mol. The van der Waals surface area contributed by atoms with Crippen LogP contribution in [-0.2, 0) is 4.79 Å². The van der Waals surface area contributed by atoms with Crippen molar-refractivity contribution in [3.8, 4) is 5.88 Å². The smallest absolute Gasteiger partial charge is 0.266 e. The Morgan fingerprint density at radius 3 is 2.57 bits per heavy atom. The summed E-state index contributed by atoms with van der Waals surface area (Å²) >= 11 is 0. The molecule has 156 valence electrons. The lowest BCUT2D eigenvalue weighted by Crippen LogP contribution is -2.46. The summed E-state index contributed by atoms with van der Waals surface area (Å²) in [6, 6.07) is 14.4. The van der Waals surface area contributed by atoms with Gasteiger partial charge in [0.25, 0.3) is 5.91 Å². The van der Waals surface area contributed by atoms with Crippen LogP contribution in [0.4, 0.5) is 11.4 Å². The molecule has 0 bridgehead atoms. The van der Waals surface area contributed by atoms with Crippen molar-refractivity contribution in [2.75, 3.05) is 37.6 Å². The Kier molecular flexibility index (Phi) is 5.81. The van der Waals surface area contributed by atoms with Gasteiger partial charge in [0, 0.05) is 50.2 Å². The fraction of sp³-hybridized carbons (Fsp3) is 0.348. The molecule has 3 aromatic rings. The molecule has 0 spiro atoms. The largest absolute Gasteiger partial charge is 0.493 e. The highest BCUT2D eigenvalue weighted by atomic mass is 16.3. The third-order valence-electron chi connectivity index (χ3n) is 5.60. The molecule has 1 saturated heterocycles. The Morgan fingerprint density at radius 1 is 1.10 bits per heavy atom. The molecule has 1 fully saturated rings. The molecule has 1 aliphatic rings. The zero-order valence-corrected chi connectivity index (χ0v) is 17.4. The second-order valence-corrected chi connectivity index (χ2v) is 7.83. The third-order valence-corrected chi connectivity index (χ3v) is 5.60. The highest BCUT2D eigenvalue weighted by molar-refractivity contribution is 5.96. The molecule has 30 heavy (non-hydrogen) atoms. The van der Waals surface area contributed by atoms with Crippen molar-refractivity contribution >= 4 is 28.2 Å². The van der Waals surface area contributed by atoms with Gasteiger partial charge in [-0.3, -0.25) is 9.69 Å². The summed E-state index contributed by atoms with van der Waals surface area (Å²) in [6.07, 6.45) is 0.315. The van der Waals surface area contributed by atoms with E-state index in [4.69, 9.17) is 0 Å². The molecule has 0 radical (unpaired) electrons. The van der Waals surface area contributed by atoms with Gasteiger partial charge < -0.3 is 15.0 Å². The minimum absolute atomic E-state index is 0.0627. The van der Waals surface area contributed by atoms with Gasteiger partial charge in [0.1, 0.15) is 0 Å². The first-order valence-electron chi connectivity index (χ1n) is 10.3. The predicted molar refractivity (Wildman–Crippen MR) is 119 cm³/mol. The van der Waals surface area contributed by atoms with Crippen LogP contribution in [0.3, 0.4) is 0 Å². The highest BCUT2D eigenvalue weighted by Crippen LogP contribution is 2.37. The van der Waals surface area contributed by atoms with E-state index in [1.54, 1.807) is 0 Å². The number of rotatable bonds is 5. The van der Waals surface area contributed by atoms with E-state index in [0.717, 1.165) is 48.2 Å². The van der Waals surface area contributed by atoms with Gasteiger partial charge in [-0.05, 0) is 37.6 Å². The minimum atomic E-state index is -0.279. The van der Waals surface area contributed by atoms with Gasteiger partial charge in [0.15, 0.2) is 5.69 Å². The monoisotopic (exact) mass is 405 g/mol. The Morgan fingerprint density at radius 2 is 1.83 bits per heavy atom. The van der Waals surface area contributed by atoms with Crippen LogP contribution >= 0.6 is 0 Å². The standard InChI is InChI=1S/C23H27N5O2/c1-16-14-17(2)21-19(15-16)22(23(30)24-21)26-25-20(29)8-9-27-10-12-28(13-11-27)18-6-4-3-5-7-18/h3-7,14-15,24,30H,8-13H2,1-2H3. The number of fused-ring (bicyclic) bond motifs is 1. The Hall–Kier alpha value is -3.19. The molecule has 2 aromatic carbocycles. The molecule has 7 nitrogen and oxygen atoms in total. The number of H-pyrrole nitrogens is 1. The quantitative estimate of drug-likeness (QED) is 0.620. The summed E-state index contributed by atoms with van der Waals surface area (Å²) in [5.41, 5.74) is 4.46. The fourth-order valence-electron chi connectivity index (χ4n) is 4.00. The van der Waals surface area contributed by atoms with E-state index in [2.05, 4.69) is 49.3 Å². The number of benzene rings is 2. The van der Waals surface area contributed by atoms with E-state index in [1.165, 1.54) is 5.69 Å². The number of nitrogens with zero attached hydrogens (tertiary/aromatic N) is 4. The van der Waals surface area contributed by atoms with Crippen molar-refractivity contribution in [1.29, 1.82) is 0 Å². The van der Waals surface area contributed by atoms with Crippen LogP contribution in [0.25, 0.3) is 10.9 Å². The second kappa shape index (κ2) is 8.67. The van der Waals surface area contributed by atoms with Gasteiger partial charge in [-0.1, -0.05) is 29.8 Å². The van der Waals surface area contributed by atoms with Crippen LogP contribution in [-0.4, -0.2) is 53.6 Å². The first kappa shape index (κ1) is 20.1. The van der Waals surface area contributed by atoms with Gasteiger partial charge in [-0.15, -0.1) is 10.2 Å². The van der Waals surface area contributed by atoms with E-state index in [1.807, 2.05) is 32.0 Å². The molecule has 1 aromatic heterocycles. The number of aromatic hydroxyl groups is 1. The number of piperazine rings is 1. The van der Waals surface area contributed by atoms with Crippen molar-refractivity contribution in [3.63, 3.8) is 0 Å². The Labute approximate surface area is 176 Å².